The van der Waals surface area contributed by atoms with Crippen molar-refractivity contribution in [2.75, 3.05) is 64.3 Å². The quantitative estimate of drug-likeness (QED) is 0.667. The van der Waals surface area contributed by atoms with Crippen LogP contribution in [-0.4, -0.2) is 64.9 Å². The number of halogens is 1. The van der Waals surface area contributed by atoms with Gasteiger partial charge in [0.05, 0.1) is 21.3 Å². The molecule has 1 aliphatic rings. The van der Waals surface area contributed by atoms with Crippen molar-refractivity contribution in [3.8, 4) is 17.2 Å². The molecule has 164 valence electrons. The van der Waals surface area contributed by atoms with Gasteiger partial charge in [-0.1, -0.05) is 6.92 Å². The number of likely N-dealkylation sites (N-methyl/N-ethyl adjacent to an activating group) is 1. The molecule has 1 amide bonds. The van der Waals surface area contributed by atoms with Crippen LogP contribution in [0.4, 0.5) is 11.4 Å². The number of anilines is 2. The van der Waals surface area contributed by atoms with E-state index in [1.807, 2.05) is 24.3 Å². The molecule has 0 unspecified atom stereocenters. The summed E-state index contributed by atoms with van der Waals surface area (Å²) in [5.74, 6) is 1.10. The van der Waals surface area contributed by atoms with E-state index in [2.05, 4.69) is 22.0 Å². The highest BCUT2D eigenvalue weighted by atomic mass is 35.5. The first-order chi connectivity index (χ1) is 14.1. The van der Waals surface area contributed by atoms with Crippen LogP contribution in [0.5, 0.6) is 17.2 Å². The topological polar surface area (TPSA) is 63.3 Å². The second-order valence-corrected chi connectivity index (χ2v) is 6.84. The minimum Gasteiger partial charge on any atom is -1.00 e. The highest BCUT2D eigenvalue weighted by Crippen LogP contribution is 2.38. The van der Waals surface area contributed by atoms with E-state index in [9.17, 15) is 4.79 Å². The first kappa shape index (κ1) is 23.6. The Labute approximate surface area is 184 Å². The fourth-order valence-corrected chi connectivity index (χ4v) is 3.49. The number of hydrogen-bond acceptors (Lipinski definition) is 6. The minimum atomic E-state index is -0.242. The summed E-state index contributed by atoms with van der Waals surface area (Å²) in [5.41, 5.74) is 2.34. The number of hydrogen-bond donors (Lipinski definition) is 1. The molecule has 2 aromatic carbocycles. The van der Waals surface area contributed by atoms with E-state index in [-0.39, 0.29) is 18.3 Å². The third kappa shape index (κ3) is 5.29. The summed E-state index contributed by atoms with van der Waals surface area (Å²) >= 11 is 0. The van der Waals surface area contributed by atoms with E-state index >= 15 is 0 Å². The van der Waals surface area contributed by atoms with E-state index < -0.39 is 0 Å². The van der Waals surface area contributed by atoms with Gasteiger partial charge in [-0.15, -0.1) is 0 Å². The lowest BCUT2D eigenvalue weighted by Crippen LogP contribution is -3.00. The fourth-order valence-electron chi connectivity index (χ4n) is 3.49. The Kier molecular flexibility index (Phi) is 8.62. The Balaban J connectivity index is 0.00000320. The van der Waals surface area contributed by atoms with Gasteiger partial charge in [-0.3, -0.25) is 4.79 Å². The van der Waals surface area contributed by atoms with Gasteiger partial charge in [0.2, 0.25) is 5.75 Å². The van der Waals surface area contributed by atoms with Crippen LogP contribution in [0.3, 0.4) is 0 Å². The van der Waals surface area contributed by atoms with Gasteiger partial charge in [0.15, 0.2) is 11.5 Å². The average Bonchev–Trinajstić information content (AvgIpc) is 2.78. The molecule has 0 saturated carbocycles. The molecule has 0 aromatic heterocycles. The number of nitrogens with zero attached hydrogens (tertiary/aromatic N) is 2. The molecule has 1 fully saturated rings. The highest BCUT2D eigenvalue weighted by Gasteiger charge is 2.18. The van der Waals surface area contributed by atoms with E-state index in [1.165, 1.54) is 27.0 Å². The summed E-state index contributed by atoms with van der Waals surface area (Å²) in [6.07, 6.45) is 0. The first-order valence-corrected chi connectivity index (χ1v) is 9.78. The number of amides is 1. The number of benzene rings is 2. The van der Waals surface area contributed by atoms with Crippen molar-refractivity contribution in [1.82, 2.24) is 4.90 Å². The highest BCUT2D eigenvalue weighted by molar-refractivity contribution is 6.05. The molecule has 2 aromatic rings. The average molecular weight is 435 g/mol. The van der Waals surface area contributed by atoms with Crippen LogP contribution in [0.2, 0.25) is 0 Å². The lowest BCUT2D eigenvalue weighted by molar-refractivity contribution is -0.0000142. The Morgan fingerprint density at radius 2 is 1.50 bits per heavy atom. The van der Waals surface area contributed by atoms with Crippen molar-refractivity contribution in [1.29, 1.82) is 0 Å². The summed E-state index contributed by atoms with van der Waals surface area (Å²) in [7, 11) is 4.58. The zero-order chi connectivity index (χ0) is 20.8. The maximum atomic E-state index is 12.7. The Bertz CT molecular complexity index is 812. The number of rotatable bonds is 7. The van der Waals surface area contributed by atoms with Gasteiger partial charge in [0, 0.05) is 43.1 Å². The number of carbonyl (C=O) groups excluding carboxylic acids is 1. The smallest absolute Gasteiger partial charge is 0.255 e. The van der Waals surface area contributed by atoms with Gasteiger partial charge in [-0.05, 0) is 42.9 Å². The van der Waals surface area contributed by atoms with Gasteiger partial charge in [-0.2, -0.15) is 0 Å². The maximum absolute atomic E-state index is 12.7. The Morgan fingerprint density at radius 1 is 0.933 bits per heavy atom. The van der Waals surface area contributed by atoms with Crippen LogP contribution in [-0.2, 0) is 0 Å². The van der Waals surface area contributed by atoms with E-state index in [0.29, 0.717) is 22.8 Å². The van der Waals surface area contributed by atoms with Crippen LogP contribution in [0.25, 0.3) is 0 Å². The van der Waals surface area contributed by atoms with Crippen LogP contribution >= 0.6 is 0 Å². The van der Waals surface area contributed by atoms with Crippen molar-refractivity contribution in [3.63, 3.8) is 0 Å². The molecule has 30 heavy (non-hydrogen) atoms. The predicted octanol–water partition coefficient (Wildman–Crippen LogP) is 0.111. The first-order valence-electron chi connectivity index (χ1n) is 9.78. The number of piperazine rings is 1. The normalized spacial score (nSPS) is 13.9. The number of ether oxygens (including phenoxy) is 3. The molecular formula is C22H29ClN3O4-. The molecule has 0 bridgehead atoms. The molecule has 1 N–H and O–H groups in total. The predicted molar refractivity (Wildman–Crippen MR) is 115 cm³/mol. The lowest BCUT2D eigenvalue weighted by atomic mass is 10.1. The van der Waals surface area contributed by atoms with Gasteiger partial charge in [0.1, 0.15) is 0 Å². The largest absolute Gasteiger partial charge is 1.00 e. The van der Waals surface area contributed by atoms with E-state index in [4.69, 9.17) is 14.2 Å². The second kappa shape index (κ2) is 10.9. The summed E-state index contributed by atoms with van der Waals surface area (Å²) in [4.78, 5) is 17.5. The Morgan fingerprint density at radius 3 is 1.97 bits per heavy atom. The molecule has 0 radical (unpaired) electrons. The third-order valence-electron chi connectivity index (χ3n) is 5.24. The minimum absolute atomic E-state index is 0. The summed E-state index contributed by atoms with van der Waals surface area (Å²) < 4.78 is 16.0. The fraction of sp³-hybridized carbons (Fsp3) is 0.409. The lowest BCUT2D eigenvalue weighted by Gasteiger charge is -2.35. The van der Waals surface area contributed by atoms with Gasteiger partial charge in [0.25, 0.3) is 5.91 Å². The van der Waals surface area contributed by atoms with Crippen molar-refractivity contribution in [2.45, 2.75) is 6.92 Å². The molecule has 1 saturated heterocycles. The van der Waals surface area contributed by atoms with Gasteiger partial charge in [-0.25, -0.2) is 0 Å². The zero-order valence-electron chi connectivity index (χ0n) is 17.9. The molecule has 0 aliphatic carbocycles. The molecule has 1 heterocycles. The monoisotopic (exact) mass is 434 g/mol. The SMILES string of the molecule is CCN1CCN(c2ccc(NC(=O)c3cc(OC)c(OC)c(OC)c3)cc2)CC1.[Cl-]. The number of methoxy groups -OCH3 is 3. The van der Waals surface area contributed by atoms with Gasteiger partial charge >= 0.3 is 0 Å². The van der Waals surface area contributed by atoms with Crippen molar-refractivity contribution < 1.29 is 31.4 Å². The van der Waals surface area contributed by atoms with E-state index in [1.54, 1.807) is 12.1 Å². The van der Waals surface area contributed by atoms with Crippen molar-refractivity contribution in [2.24, 2.45) is 0 Å². The van der Waals surface area contributed by atoms with E-state index in [0.717, 1.165) is 38.4 Å². The molecule has 7 nitrogen and oxygen atoms in total. The number of nitrogens with one attached hydrogen (secondary N) is 1. The van der Waals surface area contributed by atoms with Crippen molar-refractivity contribution in [3.05, 3.63) is 42.0 Å². The van der Waals surface area contributed by atoms with Crippen molar-refractivity contribution >= 4 is 17.3 Å². The molecular weight excluding hydrogens is 406 g/mol. The summed E-state index contributed by atoms with van der Waals surface area (Å²) in [5, 5.41) is 2.93. The maximum Gasteiger partial charge on any atom is 0.255 e. The second-order valence-electron chi connectivity index (χ2n) is 6.84. The molecule has 3 rings (SSSR count). The van der Waals surface area contributed by atoms with Crippen LogP contribution in [0.15, 0.2) is 36.4 Å². The van der Waals surface area contributed by atoms with Crippen LogP contribution in [0.1, 0.15) is 17.3 Å². The molecule has 0 atom stereocenters. The third-order valence-corrected chi connectivity index (χ3v) is 5.24. The van der Waals surface area contributed by atoms with Crippen LogP contribution < -0.4 is 36.8 Å². The molecule has 1 aliphatic heterocycles. The standard InChI is InChI=1S/C22H29N3O4.ClH/c1-5-24-10-12-25(13-11-24)18-8-6-17(7-9-18)23-22(26)16-14-19(27-2)21(29-4)20(15-16)28-3;/h6-9,14-15H,5,10-13H2,1-4H3,(H,23,26);1H/p-1. The summed E-state index contributed by atoms with van der Waals surface area (Å²) in [6, 6.07) is 11.2. The molecule has 8 heteroatoms. The Hall–Kier alpha value is -2.64. The molecule has 0 spiro atoms. The zero-order valence-corrected chi connectivity index (χ0v) is 18.7. The number of carbonyl (C=O) groups is 1. The van der Waals surface area contributed by atoms with Gasteiger partial charge < -0.3 is 41.7 Å². The van der Waals surface area contributed by atoms with Crippen LogP contribution in [0, 0.1) is 0 Å². The summed E-state index contributed by atoms with van der Waals surface area (Å²) in [6.45, 7) is 7.49.